The highest BCUT2D eigenvalue weighted by atomic mass is 35.5. The van der Waals surface area contributed by atoms with E-state index in [9.17, 15) is 4.79 Å². The molecule has 2 rings (SSSR count). The largest absolute Gasteiger partial charge is 0.407 e. The van der Waals surface area contributed by atoms with Gasteiger partial charge in [-0.05, 0) is 24.1 Å². The van der Waals surface area contributed by atoms with Crippen LogP contribution in [0, 0.1) is 5.92 Å². The molecule has 6 heteroatoms. The van der Waals surface area contributed by atoms with Gasteiger partial charge in [-0.2, -0.15) is 5.10 Å². The summed E-state index contributed by atoms with van der Waals surface area (Å²) in [6.45, 7) is 10.1. The number of ether oxygens (including phenoxy) is 1. The van der Waals surface area contributed by atoms with Crippen LogP contribution in [0.1, 0.15) is 46.7 Å². The summed E-state index contributed by atoms with van der Waals surface area (Å²) in [7, 11) is 0. The fraction of sp³-hybridized carbons (Fsp3) is 0.444. The van der Waals surface area contributed by atoms with E-state index in [-0.39, 0.29) is 17.3 Å². The van der Waals surface area contributed by atoms with Crippen molar-refractivity contribution in [1.82, 2.24) is 9.78 Å². The van der Waals surface area contributed by atoms with Gasteiger partial charge in [0.25, 0.3) is 0 Å². The molecule has 24 heavy (non-hydrogen) atoms. The first-order valence-corrected chi connectivity index (χ1v) is 8.60. The number of halogens is 2. The maximum absolute atomic E-state index is 12.1. The first-order valence-electron chi connectivity index (χ1n) is 7.84. The second-order valence-electron chi connectivity index (χ2n) is 7.20. The highest BCUT2D eigenvalue weighted by Gasteiger charge is 2.23. The zero-order valence-electron chi connectivity index (χ0n) is 14.6. The van der Waals surface area contributed by atoms with E-state index in [2.05, 4.69) is 5.10 Å². The van der Waals surface area contributed by atoms with Gasteiger partial charge in [0.2, 0.25) is 5.88 Å². The van der Waals surface area contributed by atoms with Crippen LogP contribution in [-0.4, -0.2) is 15.7 Å². The van der Waals surface area contributed by atoms with Crippen LogP contribution in [0.25, 0.3) is 5.69 Å². The molecule has 0 N–H and O–H groups in total. The standard InChI is InChI=1S/C18H22Cl2N2O2/c1-11(2)8-17(23)24-16-10-15(18(3,4)5)21-22(16)12-6-7-13(19)14(20)9-12/h6-7,9-11H,8H2,1-5H3. The summed E-state index contributed by atoms with van der Waals surface area (Å²) >= 11 is 12.1. The second-order valence-corrected chi connectivity index (χ2v) is 8.01. The SMILES string of the molecule is CC(C)CC(=O)Oc1cc(C(C)(C)C)nn1-c1ccc(Cl)c(Cl)c1. The molecule has 0 atom stereocenters. The number of hydrogen-bond acceptors (Lipinski definition) is 3. The average molecular weight is 369 g/mol. The van der Waals surface area contributed by atoms with Crippen LogP contribution in [-0.2, 0) is 10.2 Å². The Balaban J connectivity index is 2.46. The lowest BCUT2D eigenvalue weighted by atomic mass is 9.93. The molecule has 0 aliphatic carbocycles. The molecule has 0 bridgehead atoms. The van der Waals surface area contributed by atoms with Crippen LogP contribution in [0.4, 0.5) is 0 Å². The van der Waals surface area contributed by atoms with Crippen molar-refractivity contribution >= 4 is 29.2 Å². The predicted octanol–water partition coefficient (Wildman–Crippen LogP) is 5.43. The summed E-state index contributed by atoms with van der Waals surface area (Å²) in [4.78, 5) is 12.1. The van der Waals surface area contributed by atoms with Gasteiger partial charge in [-0.25, -0.2) is 4.68 Å². The number of carbonyl (C=O) groups excluding carboxylic acids is 1. The Hall–Kier alpha value is -1.52. The van der Waals surface area contributed by atoms with Gasteiger partial charge in [0.1, 0.15) is 0 Å². The van der Waals surface area contributed by atoms with Gasteiger partial charge in [0.15, 0.2) is 0 Å². The molecule has 0 aliphatic heterocycles. The molecule has 1 aromatic heterocycles. The Kier molecular flexibility index (Phi) is 5.61. The molecule has 0 saturated heterocycles. The van der Waals surface area contributed by atoms with Crippen LogP contribution in [0.5, 0.6) is 5.88 Å². The molecular formula is C18H22Cl2N2O2. The summed E-state index contributed by atoms with van der Waals surface area (Å²) in [5.41, 5.74) is 1.33. The van der Waals surface area contributed by atoms with Crippen molar-refractivity contribution in [1.29, 1.82) is 0 Å². The number of nitrogens with zero attached hydrogens (tertiary/aromatic N) is 2. The van der Waals surface area contributed by atoms with Crippen LogP contribution >= 0.6 is 23.2 Å². The maximum Gasteiger partial charge on any atom is 0.312 e. The molecule has 0 fully saturated rings. The van der Waals surface area contributed by atoms with Crippen molar-refractivity contribution in [2.75, 3.05) is 0 Å². The highest BCUT2D eigenvalue weighted by Crippen LogP contribution is 2.30. The van der Waals surface area contributed by atoms with Crippen molar-refractivity contribution < 1.29 is 9.53 Å². The van der Waals surface area contributed by atoms with Crippen molar-refractivity contribution in [3.8, 4) is 11.6 Å². The lowest BCUT2D eigenvalue weighted by Gasteiger charge is -2.14. The molecular weight excluding hydrogens is 347 g/mol. The Morgan fingerprint density at radius 1 is 1.21 bits per heavy atom. The normalized spacial score (nSPS) is 11.8. The quantitative estimate of drug-likeness (QED) is 0.675. The summed E-state index contributed by atoms with van der Waals surface area (Å²) in [6.07, 6.45) is 0.345. The van der Waals surface area contributed by atoms with Crippen LogP contribution in [0.3, 0.4) is 0 Å². The molecule has 0 radical (unpaired) electrons. The van der Waals surface area contributed by atoms with Gasteiger partial charge < -0.3 is 4.74 Å². The van der Waals surface area contributed by atoms with Crippen LogP contribution < -0.4 is 4.74 Å². The minimum Gasteiger partial charge on any atom is -0.407 e. The van der Waals surface area contributed by atoms with Gasteiger partial charge in [0, 0.05) is 17.9 Å². The Morgan fingerprint density at radius 3 is 2.42 bits per heavy atom. The molecule has 2 aromatic rings. The monoisotopic (exact) mass is 368 g/mol. The highest BCUT2D eigenvalue weighted by molar-refractivity contribution is 6.42. The summed E-state index contributed by atoms with van der Waals surface area (Å²) in [5, 5.41) is 5.47. The average Bonchev–Trinajstić information content (AvgIpc) is 2.84. The number of carbonyl (C=O) groups is 1. The maximum atomic E-state index is 12.1. The van der Waals surface area contributed by atoms with E-state index >= 15 is 0 Å². The van der Waals surface area contributed by atoms with Gasteiger partial charge in [-0.15, -0.1) is 0 Å². The van der Waals surface area contributed by atoms with Gasteiger partial charge in [-0.1, -0.05) is 57.8 Å². The Labute approximate surface area is 152 Å². The third kappa shape index (κ3) is 4.52. The lowest BCUT2D eigenvalue weighted by molar-refractivity contribution is -0.135. The molecule has 0 aliphatic rings. The van der Waals surface area contributed by atoms with E-state index in [1.54, 1.807) is 28.9 Å². The fourth-order valence-electron chi connectivity index (χ4n) is 2.10. The molecule has 0 amide bonds. The molecule has 1 aromatic carbocycles. The second kappa shape index (κ2) is 7.16. The topological polar surface area (TPSA) is 44.1 Å². The summed E-state index contributed by atoms with van der Waals surface area (Å²) in [6, 6.07) is 6.97. The number of esters is 1. The minimum atomic E-state index is -0.285. The van der Waals surface area contributed by atoms with Crippen molar-refractivity contribution in [2.45, 2.75) is 46.5 Å². The first kappa shape index (κ1) is 18.8. The predicted molar refractivity (Wildman–Crippen MR) is 97.4 cm³/mol. The number of rotatable bonds is 4. The van der Waals surface area contributed by atoms with E-state index < -0.39 is 0 Å². The number of aromatic nitrogens is 2. The van der Waals surface area contributed by atoms with Gasteiger partial charge in [-0.3, -0.25) is 4.79 Å². The molecule has 130 valence electrons. The van der Waals surface area contributed by atoms with E-state index in [0.717, 1.165) is 5.69 Å². The third-order valence-corrected chi connectivity index (χ3v) is 4.13. The van der Waals surface area contributed by atoms with Crippen LogP contribution in [0.15, 0.2) is 24.3 Å². The molecule has 0 saturated carbocycles. The van der Waals surface area contributed by atoms with E-state index in [0.29, 0.717) is 28.0 Å². The van der Waals surface area contributed by atoms with Crippen LogP contribution in [0.2, 0.25) is 10.0 Å². The van der Waals surface area contributed by atoms with E-state index in [1.807, 2.05) is 34.6 Å². The Morgan fingerprint density at radius 2 is 1.88 bits per heavy atom. The number of benzene rings is 1. The zero-order valence-corrected chi connectivity index (χ0v) is 16.1. The third-order valence-electron chi connectivity index (χ3n) is 3.39. The molecule has 0 unspecified atom stereocenters. The zero-order chi connectivity index (χ0) is 18.1. The van der Waals surface area contributed by atoms with Gasteiger partial charge in [0.05, 0.1) is 21.4 Å². The lowest BCUT2D eigenvalue weighted by Crippen LogP contribution is -2.13. The Bertz CT molecular complexity index is 746. The molecule has 0 spiro atoms. The summed E-state index contributed by atoms with van der Waals surface area (Å²) < 4.78 is 7.13. The summed E-state index contributed by atoms with van der Waals surface area (Å²) in [5.74, 6) is 0.316. The molecule has 1 heterocycles. The number of hydrogen-bond donors (Lipinski definition) is 0. The van der Waals surface area contributed by atoms with Gasteiger partial charge >= 0.3 is 5.97 Å². The fourth-order valence-corrected chi connectivity index (χ4v) is 2.39. The van der Waals surface area contributed by atoms with Crippen molar-refractivity contribution in [2.24, 2.45) is 5.92 Å². The van der Waals surface area contributed by atoms with Crippen molar-refractivity contribution in [3.05, 3.63) is 40.0 Å². The molecule has 4 nitrogen and oxygen atoms in total. The minimum absolute atomic E-state index is 0.180. The van der Waals surface area contributed by atoms with Crippen molar-refractivity contribution in [3.63, 3.8) is 0 Å². The first-order chi connectivity index (χ1) is 11.1. The van der Waals surface area contributed by atoms with E-state index in [4.69, 9.17) is 27.9 Å². The van der Waals surface area contributed by atoms with E-state index in [1.165, 1.54) is 0 Å². The smallest absolute Gasteiger partial charge is 0.312 e.